The normalized spacial score (nSPS) is 26.8. The molecular weight excluding hydrogens is 326 g/mol. The summed E-state index contributed by atoms with van der Waals surface area (Å²) in [4.78, 5) is 17.1. The molecule has 3 rings (SSSR count). The summed E-state index contributed by atoms with van der Waals surface area (Å²) < 4.78 is 8.13. The van der Waals surface area contributed by atoms with E-state index in [-0.39, 0.29) is 23.0 Å². The third kappa shape index (κ3) is 4.26. The Hall–Kier alpha value is -1.88. The van der Waals surface area contributed by atoms with Gasteiger partial charge in [-0.1, -0.05) is 27.7 Å². The highest BCUT2D eigenvalue weighted by molar-refractivity contribution is 6.00. The van der Waals surface area contributed by atoms with E-state index in [1.807, 2.05) is 28.9 Å². The molecule has 2 aromatic rings. The van der Waals surface area contributed by atoms with Crippen molar-refractivity contribution < 1.29 is 9.53 Å². The van der Waals surface area contributed by atoms with Crippen LogP contribution in [0.4, 0.5) is 0 Å². The van der Waals surface area contributed by atoms with Crippen molar-refractivity contribution in [2.45, 2.75) is 65.5 Å². The maximum atomic E-state index is 12.8. The molecule has 0 radical (unpaired) electrons. The molecule has 0 aliphatic heterocycles. The highest BCUT2D eigenvalue weighted by atomic mass is 16.5. The van der Waals surface area contributed by atoms with Crippen molar-refractivity contribution >= 4 is 11.6 Å². The third-order valence-electron chi connectivity index (χ3n) is 5.26. The van der Waals surface area contributed by atoms with Crippen LogP contribution >= 0.6 is 0 Å². The first-order chi connectivity index (χ1) is 12.2. The van der Waals surface area contributed by atoms with Crippen LogP contribution in [0, 0.1) is 11.3 Å². The second kappa shape index (κ2) is 7.03. The number of carbonyl (C=O) groups excluding carboxylic acids is 1. The largest absolute Gasteiger partial charge is 0.375 e. The summed E-state index contributed by atoms with van der Waals surface area (Å²) in [6, 6.07) is 3.87. The number of hydrogen-bond acceptors (Lipinski definition) is 3. The predicted octanol–water partition coefficient (Wildman–Crippen LogP) is 4.07. The lowest BCUT2D eigenvalue weighted by atomic mass is 9.76. The average Bonchev–Trinajstić information content (AvgIpc) is 2.99. The van der Waals surface area contributed by atoms with Gasteiger partial charge in [0.1, 0.15) is 5.65 Å². The van der Waals surface area contributed by atoms with E-state index in [1.54, 1.807) is 6.20 Å². The molecule has 1 aliphatic carbocycles. The number of nitrogens with one attached hydrogen (secondary N) is 1. The van der Waals surface area contributed by atoms with Crippen LogP contribution in [-0.2, 0) is 4.74 Å². The van der Waals surface area contributed by atoms with Crippen LogP contribution in [0.1, 0.15) is 64.2 Å². The molecule has 2 aromatic heterocycles. The van der Waals surface area contributed by atoms with Gasteiger partial charge in [0.15, 0.2) is 0 Å². The molecule has 142 valence electrons. The molecule has 0 aromatic carbocycles. The maximum Gasteiger partial charge on any atom is 0.255 e. The first kappa shape index (κ1) is 18.9. The Morgan fingerprint density at radius 2 is 2.19 bits per heavy atom. The molecule has 5 heteroatoms. The van der Waals surface area contributed by atoms with Crippen molar-refractivity contribution in [2.75, 3.05) is 6.61 Å². The molecular formula is C21H31N3O2. The summed E-state index contributed by atoms with van der Waals surface area (Å²) in [5, 5.41) is 3.23. The van der Waals surface area contributed by atoms with E-state index in [0.29, 0.717) is 17.1 Å². The van der Waals surface area contributed by atoms with E-state index >= 15 is 0 Å². The van der Waals surface area contributed by atoms with E-state index in [2.05, 4.69) is 44.9 Å². The SMILES string of the molecule is C[C@H]1C[C@@](C)(OCC(C)(C)C)CC[C@@H]1NC(=O)c1ccn2cccnc12. The highest BCUT2D eigenvalue weighted by Crippen LogP contribution is 2.36. The first-order valence-corrected chi connectivity index (χ1v) is 9.53. The molecule has 1 N–H and O–H groups in total. The van der Waals surface area contributed by atoms with Gasteiger partial charge < -0.3 is 14.5 Å². The zero-order valence-corrected chi connectivity index (χ0v) is 16.6. The van der Waals surface area contributed by atoms with E-state index in [9.17, 15) is 4.79 Å². The standard InChI is InChI=1S/C21H31N3O2/c1-15-13-21(5,26-14-20(2,3)4)9-7-17(15)23-19(25)16-8-12-24-11-6-10-22-18(16)24/h6,8,10-12,15,17H,7,9,13-14H2,1-5H3,(H,23,25)/t15-,17-,21-/m0/s1. The van der Waals surface area contributed by atoms with Crippen molar-refractivity contribution in [2.24, 2.45) is 11.3 Å². The second-order valence-corrected chi connectivity index (χ2v) is 9.18. The minimum absolute atomic E-state index is 0.0396. The fourth-order valence-corrected chi connectivity index (χ4v) is 3.77. The van der Waals surface area contributed by atoms with Crippen molar-refractivity contribution in [3.8, 4) is 0 Å². The first-order valence-electron chi connectivity index (χ1n) is 9.53. The van der Waals surface area contributed by atoms with Crippen LogP contribution < -0.4 is 5.32 Å². The molecule has 0 spiro atoms. The average molecular weight is 357 g/mol. The quantitative estimate of drug-likeness (QED) is 0.897. The topological polar surface area (TPSA) is 55.6 Å². The Balaban J connectivity index is 1.62. The summed E-state index contributed by atoms with van der Waals surface area (Å²) in [7, 11) is 0. The van der Waals surface area contributed by atoms with Gasteiger partial charge in [0.2, 0.25) is 0 Å². The lowest BCUT2D eigenvalue weighted by Crippen LogP contribution is -2.48. The van der Waals surface area contributed by atoms with Crippen LogP contribution in [0.2, 0.25) is 0 Å². The van der Waals surface area contributed by atoms with E-state index in [4.69, 9.17) is 4.74 Å². The molecule has 1 saturated carbocycles. The van der Waals surface area contributed by atoms with Gasteiger partial charge in [-0.25, -0.2) is 4.98 Å². The fourth-order valence-electron chi connectivity index (χ4n) is 3.77. The fraction of sp³-hybridized carbons (Fsp3) is 0.619. The van der Waals surface area contributed by atoms with Gasteiger partial charge in [-0.2, -0.15) is 0 Å². The predicted molar refractivity (Wildman–Crippen MR) is 103 cm³/mol. The Kier molecular flexibility index (Phi) is 5.11. The molecule has 2 heterocycles. The summed E-state index contributed by atoms with van der Waals surface area (Å²) in [6.07, 6.45) is 8.36. The summed E-state index contributed by atoms with van der Waals surface area (Å²) in [5.41, 5.74) is 1.40. The number of fused-ring (bicyclic) bond motifs is 1. The van der Waals surface area contributed by atoms with Crippen LogP contribution in [0.5, 0.6) is 0 Å². The third-order valence-corrected chi connectivity index (χ3v) is 5.26. The van der Waals surface area contributed by atoms with Crippen molar-refractivity contribution in [3.63, 3.8) is 0 Å². The monoisotopic (exact) mass is 357 g/mol. The summed E-state index contributed by atoms with van der Waals surface area (Å²) in [6.45, 7) is 11.8. The minimum atomic E-state index is -0.0989. The van der Waals surface area contributed by atoms with Crippen LogP contribution in [0.15, 0.2) is 30.7 Å². The van der Waals surface area contributed by atoms with Gasteiger partial charge in [-0.15, -0.1) is 0 Å². The zero-order chi connectivity index (χ0) is 18.9. The van der Waals surface area contributed by atoms with Gasteiger partial charge >= 0.3 is 0 Å². The Labute approximate surface area is 156 Å². The van der Waals surface area contributed by atoms with Gasteiger partial charge in [0.05, 0.1) is 17.8 Å². The number of aromatic nitrogens is 2. The van der Waals surface area contributed by atoms with E-state index in [1.165, 1.54) is 0 Å². The second-order valence-electron chi connectivity index (χ2n) is 9.18. The maximum absolute atomic E-state index is 12.8. The van der Waals surface area contributed by atoms with Crippen molar-refractivity contribution in [3.05, 3.63) is 36.3 Å². The molecule has 3 atom stereocenters. The molecule has 5 nitrogen and oxygen atoms in total. The van der Waals surface area contributed by atoms with Gasteiger partial charge in [0.25, 0.3) is 5.91 Å². The zero-order valence-electron chi connectivity index (χ0n) is 16.6. The van der Waals surface area contributed by atoms with E-state index < -0.39 is 0 Å². The smallest absolute Gasteiger partial charge is 0.255 e. The lowest BCUT2D eigenvalue weighted by Gasteiger charge is -2.42. The molecule has 1 amide bonds. The lowest BCUT2D eigenvalue weighted by molar-refractivity contribution is -0.0961. The van der Waals surface area contributed by atoms with Gasteiger partial charge in [0, 0.05) is 24.6 Å². The number of hydrogen-bond donors (Lipinski definition) is 1. The number of rotatable bonds is 4. The molecule has 0 saturated heterocycles. The molecule has 26 heavy (non-hydrogen) atoms. The summed E-state index contributed by atoms with van der Waals surface area (Å²) >= 11 is 0. The van der Waals surface area contributed by atoms with Gasteiger partial charge in [-0.3, -0.25) is 4.79 Å². The number of nitrogens with zero attached hydrogens (tertiary/aromatic N) is 2. The van der Waals surface area contributed by atoms with Crippen molar-refractivity contribution in [1.82, 2.24) is 14.7 Å². The van der Waals surface area contributed by atoms with Crippen LogP contribution in [0.3, 0.4) is 0 Å². The molecule has 1 aliphatic rings. The summed E-state index contributed by atoms with van der Waals surface area (Å²) in [5.74, 6) is 0.335. The van der Waals surface area contributed by atoms with E-state index in [0.717, 1.165) is 25.9 Å². The number of carbonyl (C=O) groups is 1. The Morgan fingerprint density at radius 3 is 2.88 bits per heavy atom. The van der Waals surface area contributed by atoms with Crippen molar-refractivity contribution in [1.29, 1.82) is 0 Å². The Bertz CT molecular complexity index is 777. The number of amides is 1. The molecule has 1 fully saturated rings. The molecule has 0 bridgehead atoms. The Morgan fingerprint density at radius 1 is 1.42 bits per heavy atom. The minimum Gasteiger partial charge on any atom is -0.375 e. The van der Waals surface area contributed by atoms with Crippen LogP contribution in [0.25, 0.3) is 5.65 Å². The number of ether oxygens (including phenoxy) is 1. The molecule has 0 unspecified atom stereocenters. The van der Waals surface area contributed by atoms with Crippen LogP contribution in [-0.4, -0.2) is 33.5 Å². The van der Waals surface area contributed by atoms with Gasteiger partial charge in [-0.05, 0) is 49.7 Å². The highest BCUT2D eigenvalue weighted by Gasteiger charge is 2.38.